The van der Waals surface area contributed by atoms with Crippen molar-refractivity contribution in [3.63, 3.8) is 0 Å². The lowest BCUT2D eigenvalue weighted by Gasteiger charge is -2.06. The Labute approximate surface area is 128 Å². The molecule has 2 aromatic rings. The molecule has 0 aliphatic rings. The van der Waals surface area contributed by atoms with Crippen molar-refractivity contribution in [1.82, 2.24) is 10.1 Å². The molecule has 21 heavy (non-hydrogen) atoms. The summed E-state index contributed by atoms with van der Waals surface area (Å²) in [7, 11) is 0. The first-order valence-corrected chi connectivity index (χ1v) is 8.06. The molecular formula is C15H20FN3OS. The van der Waals surface area contributed by atoms with Crippen molar-refractivity contribution in [1.29, 1.82) is 0 Å². The summed E-state index contributed by atoms with van der Waals surface area (Å²) >= 11 is 1.49. The number of aromatic nitrogens is 2. The molecule has 0 saturated carbocycles. The molecule has 114 valence electrons. The molecular weight excluding hydrogens is 289 g/mol. The first-order chi connectivity index (χ1) is 10.2. The maximum atomic E-state index is 13.1. The lowest BCUT2D eigenvalue weighted by Crippen LogP contribution is -2.06. The van der Waals surface area contributed by atoms with Gasteiger partial charge in [0.05, 0.1) is 5.75 Å². The van der Waals surface area contributed by atoms with Crippen molar-refractivity contribution in [2.45, 2.75) is 36.8 Å². The van der Waals surface area contributed by atoms with E-state index in [0.29, 0.717) is 29.9 Å². The summed E-state index contributed by atoms with van der Waals surface area (Å²) in [5.74, 6) is 2.21. The van der Waals surface area contributed by atoms with Gasteiger partial charge in [0.25, 0.3) is 0 Å². The summed E-state index contributed by atoms with van der Waals surface area (Å²) in [4.78, 5) is 5.22. The normalized spacial score (nSPS) is 12.5. The highest BCUT2D eigenvalue weighted by Gasteiger charge is 2.09. The molecule has 0 spiro atoms. The van der Waals surface area contributed by atoms with Crippen molar-refractivity contribution >= 4 is 11.8 Å². The van der Waals surface area contributed by atoms with Crippen LogP contribution in [0.2, 0.25) is 0 Å². The zero-order chi connectivity index (χ0) is 15.1. The Bertz CT molecular complexity index is 561. The van der Waals surface area contributed by atoms with E-state index >= 15 is 0 Å². The average molecular weight is 309 g/mol. The van der Waals surface area contributed by atoms with Crippen molar-refractivity contribution in [2.24, 2.45) is 11.7 Å². The summed E-state index contributed by atoms with van der Waals surface area (Å²) in [6.45, 7) is 2.88. The minimum atomic E-state index is -0.234. The van der Waals surface area contributed by atoms with Crippen LogP contribution in [-0.4, -0.2) is 16.7 Å². The van der Waals surface area contributed by atoms with E-state index in [4.69, 9.17) is 10.3 Å². The first-order valence-electron chi connectivity index (χ1n) is 7.07. The van der Waals surface area contributed by atoms with Gasteiger partial charge in [-0.05, 0) is 43.5 Å². The largest absolute Gasteiger partial charge is 0.339 e. The number of nitrogens with zero attached hydrogens (tertiary/aromatic N) is 2. The molecule has 0 aliphatic heterocycles. The number of halogens is 1. The third-order valence-electron chi connectivity index (χ3n) is 3.18. The van der Waals surface area contributed by atoms with Crippen molar-refractivity contribution in [3.05, 3.63) is 41.8 Å². The quantitative estimate of drug-likeness (QED) is 0.757. The second-order valence-corrected chi connectivity index (χ2v) is 6.12. The number of hydrogen-bond acceptors (Lipinski definition) is 5. The van der Waals surface area contributed by atoms with Gasteiger partial charge in [0.1, 0.15) is 5.82 Å². The van der Waals surface area contributed by atoms with E-state index in [-0.39, 0.29) is 5.82 Å². The van der Waals surface area contributed by atoms with Crippen molar-refractivity contribution in [2.75, 3.05) is 6.54 Å². The highest BCUT2D eigenvalue weighted by atomic mass is 32.2. The maximum Gasteiger partial charge on any atom is 0.226 e. The number of hydrogen-bond donors (Lipinski definition) is 1. The molecule has 0 saturated heterocycles. The van der Waals surface area contributed by atoms with Crippen LogP contribution in [-0.2, 0) is 12.2 Å². The van der Waals surface area contributed by atoms with Crippen LogP contribution in [0.15, 0.2) is 33.7 Å². The molecule has 0 amide bonds. The SMILES string of the molecule is CC(CCN)CCc1nc(CSc2cccc(F)c2)no1. The Morgan fingerprint density at radius 2 is 2.24 bits per heavy atom. The summed E-state index contributed by atoms with van der Waals surface area (Å²) in [5, 5.41) is 3.95. The predicted octanol–water partition coefficient (Wildman–Crippen LogP) is 3.42. The van der Waals surface area contributed by atoms with Gasteiger partial charge in [0.15, 0.2) is 5.82 Å². The average Bonchev–Trinajstić information content (AvgIpc) is 2.91. The van der Waals surface area contributed by atoms with E-state index in [2.05, 4.69) is 17.1 Å². The number of thioether (sulfide) groups is 1. The number of aryl methyl sites for hydroxylation is 1. The molecule has 0 bridgehead atoms. The molecule has 0 radical (unpaired) electrons. The molecule has 1 unspecified atom stereocenters. The third kappa shape index (κ3) is 5.47. The molecule has 2 rings (SSSR count). The summed E-state index contributed by atoms with van der Waals surface area (Å²) in [6.07, 6.45) is 2.78. The number of benzene rings is 1. The fourth-order valence-electron chi connectivity index (χ4n) is 1.95. The summed E-state index contributed by atoms with van der Waals surface area (Å²) < 4.78 is 18.3. The topological polar surface area (TPSA) is 64.9 Å². The van der Waals surface area contributed by atoms with Crippen LogP contribution in [0, 0.1) is 11.7 Å². The third-order valence-corrected chi connectivity index (χ3v) is 4.17. The summed E-state index contributed by atoms with van der Waals surface area (Å²) in [6, 6.07) is 6.49. The van der Waals surface area contributed by atoms with Crippen LogP contribution in [0.4, 0.5) is 4.39 Å². The highest BCUT2D eigenvalue weighted by molar-refractivity contribution is 7.98. The van der Waals surface area contributed by atoms with Crippen LogP contribution in [0.3, 0.4) is 0 Å². The van der Waals surface area contributed by atoms with E-state index in [1.807, 2.05) is 6.07 Å². The molecule has 1 aromatic carbocycles. The van der Waals surface area contributed by atoms with Gasteiger partial charge in [-0.2, -0.15) is 4.98 Å². The molecule has 1 atom stereocenters. The zero-order valence-electron chi connectivity index (χ0n) is 12.1. The minimum Gasteiger partial charge on any atom is -0.339 e. The van der Waals surface area contributed by atoms with Gasteiger partial charge in [0, 0.05) is 11.3 Å². The molecule has 0 aliphatic carbocycles. The zero-order valence-corrected chi connectivity index (χ0v) is 12.9. The van der Waals surface area contributed by atoms with Crippen LogP contribution >= 0.6 is 11.8 Å². The van der Waals surface area contributed by atoms with Gasteiger partial charge in [-0.1, -0.05) is 18.1 Å². The smallest absolute Gasteiger partial charge is 0.226 e. The van der Waals surface area contributed by atoms with Crippen molar-refractivity contribution < 1.29 is 8.91 Å². The number of nitrogens with two attached hydrogens (primary N) is 1. The van der Waals surface area contributed by atoms with Gasteiger partial charge >= 0.3 is 0 Å². The summed E-state index contributed by atoms with van der Waals surface area (Å²) in [5.41, 5.74) is 5.53. The second kappa shape index (κ2) is 8.14. The lowest BCUT2D eigenvalue weighted by atomic mass is 10.0. The van der Waals surface area contributed by atoms with E-state index in [0.717, 1.165) is 24.2 Å². The Morgan fingerprint density at radius 3 is 3.00 bits per heavy atom. The van der Waals surface area contributed by atoms with Crippen molar-refractivity contribution in [3.8, 4) is 0 Å². The maximum absolute atomic E-state index is 13.1. The molecule has 1 heterocycles. The molecule has 1 aromatic heterocycles. The fourth-order valence-corrected chi connectivity index (χ4v) is 2.74. The Balaban J connectivity index is 1.80. The standard InChI is InChI=1S/C15H20FN3OS/c1-11(7-8-17)5-6-15-18-14(19-20-15)10-21-13-4-2-3-12(16)9-13/h2-4,9,11H,5-8,10,17H2,1H3. The van der Waals surface area contributed by atoms with E-state index in [1.165, 1.54) is 23.9 Å². The molecule has 0 fully saturated rings. The lowest BCUT2D eigenvalue weighted by molar-refractivity contribution is 0.359. The second-order valence-electron chi connectivity index (χ2n) is 5.07. The van der Waals surface area contributed by atoms with Crippen LogP contribution in [0.5, 0.6) is 0 Å². The fraction of sp³-hybridized carbons (Fsp3) is 0.467. The number of rotatable bonds is 8. The molecule has 6 heteroatoms. The van der Waals surface area contributed by atoms with Crippen LogP contribution in [0.25, 0.3) is 0 Å². The van der Waals surface area contributed by atoms with Gasteiger partial charge in [-0.3, -0.25) is 0 Å². The van der Waals surface area contributed by atoms with E-state index < -0.39 is 0 Å². The Kier molecular flexibility index (Phi) is 6.20. The Morgan fingerprint density at radius 1 is 1.38 bits per heavy atom. The van der Waals surface area contributed by atoms with Crippen LogP contribution in [0.1, 0.15) is 31.5 Å². The van der Waals surface area contributed by atoms with Gasteiger partial charge in [-0.25, -0.2) is 4.39 Å². The molecule has 4 nitrogen and oxygen atoms in total. The van der Waals surface area contributed by atoms with Gasteiger partial charge < -0.3 is 10.3 Å². The first kappa shape index (κ1) is 16.0. The van der Waals surface area contributed by atoms with Crippen LogP contribution < -0.4 is 5.73 Å². The minimum absolute atomic E-state index is 0.234. The van der Waals surface area contributed by atoms with E-state index in [1.54, 1.807) is 6.07 Å². The van der Waals surface area contributed by atoms with E-state index in [9.17, 15) is 4.39 Å². The van der Waals surface area contributed by atoms with Gasteiger partial charge in [-0.15, -0.1) is 11.8 Å². The van der Waals surface area contributed by atoms with Gasteiger partial charge in [0.2, 0.25) is 5.89 Å². The highest BCUT2D eigenvalue weighted by Crippen LogP contribution is 2.22. The predicted molar refractivity (Wildman–Crippen MR) is 81.4 cm³/mol. The molecule has 2 N–H and O–H groups in total. The monoisotopic (exact) mass is 309 g/mol. The Hall–Kier alpha value is -1.40.